The molecule has 1 atom stereocenters. The Kier molecular flexibility index (Phi) is 8.20. The predicted octanol–water partition coefficient (Wildman–Crippen LogP) is 5.80. The number of carboxylic acid groups (broad SMARTS) is 1. The van der Waals surface area contributed by atoms with Gasteiger partial charge >= 0.3 is 12.1 Å². The van der Waals surface area contributed by atoms with Crippen molar-refractivity contribution in [1.82, 2.24) is 14.8 Å². The topological polar surface area (TPSA) is 131 Å². The summed E-state index contributed by atoms with van der Waals surface area (Å²) < 4.78 is 80.8. The summed E-state index contributed by atoms with van der Waals surface area (Å²) in [4.78, 5) is 17.0. The molecule has 1 unspecified atom stereocenters. The summed E-state index contributed by atoms with van der Waals surface area (Å²) in [6.07, 6.45) is -1.12. The minimum Gasteiger partial charge on any atom is -0.476 e. The van der Waals surface area contributed by atoms with Crippen LogP contribution in [0.5, 0.6) is 0 Å². The van der Waals surface area contributed by atoms with Gasteiger partial charge < -0.3 is 10.0 Å². The predicted molar refractivity (Wildman–Crippen MR) is 160 cm³/mol. The van der Waals surface area contributed by atoms with E-state index in [2.05, 4.69) is 4.98 Å². The second-order valence-electron chi connectivity index (χ2n) is 11.5. The summed E-state index contributed by atoms with van der Waals surface area (Å²) in [6.45, 7) is 0.310. The van der Waals surface area contributed by atoms with Crippen LogP contribution < -0.4 is 10.0 Å². The van der Waals surface area contributed by atoms with Gasteiger partial charge in [0.25, 0.3) is 0 Å². The van der Waals surface area contributed by atoms with Crippen molar-refractivity contribution in [1.29, 1.82) is 0 Å². The number of hydrogen-bond donors (Lipinski definition) is 2. The van der Waals surface area contributed by atoms with E-state index in [4.69, 9.17) is 10.2 Å². The largest absolute Gasteiger partial charge is 0.476 e. The minimum absolute atomic E-state index is 0.0751. The third-order valence-electron chi connectivity index (χ3n) is 8.21. The summed E-state index contributed by atoms with van der Waals surface area (Å²) >= 11 is 1.10. The van der Waals surface area contributed by atoms with Gasteiger partial charge in [0.2, 0.25) is 15.2 Å². The summed E-state index contributed by atoms with van der Waals surface area (Å²) in [7, 11) is -4.28. The molecule has 0 amide bonds. The number of carboxylic acids is 1. The van der Waals surface area contributed by atoms with Crippen LogP contribution in [0.2, 0.25) is 0 Å². The Labute approximate surface area is 260 Å². The molecule has 1 aliphatic carbocycles. The number of rotatable bonds is 9. The molecule has 4 aromatic rings. The minimum atomic E-state index is -4.30. The van der Waals surface area contributed by atoms with E-state index in [9.17, 15) is 35.9 Å². The summed E-state index contributed by atoms with van der Waals surface area (Å²) in [5, 5.41) is 21.3. The van der Waals surface area contributed by atoms with Gasteiger partial charge in [-0.2, -0.15) is 18.3 Å². The average molecular weight is 664 g/mol. The van der Waals surface area contributed by atoms with Crippen molar-refractivity contribution in [2.24, 2.45) is 17.0 Å². The van der Waals surface area contributed by atoms with Crippen molar-refractivity contribution in [2.75, 3.05) is 18.0 Å². The van der Waals surface area contributed by atoms with E-state index in [1.165, 1.54) is 11.4 Å². The third kappa shape index (κ3) is 6.75. The van der Waals surface area contributed by atoms with Crippen LogP contribution in [0.3, 0.4) is 0 Å². The molecule has 2 aromatic carbocycles. The number of nitrogens with two attached hydrogens (primary N) is 1. The second kappa shape index (κ2) is 11.8. The summed E-state index contributed by atoms with van der Waals surface area (Å²) in [5.41, 5.74) is 3.46. The van der Waals surface area contributed by atoms with E-state index in [0.29, 0.717) is 58.5 Å². The number of thiazole rings is 1. The van der Waals surface area contributed by atoms with E-state index < -0.39 is 38.8 Å². The molecule has 1 saturated carbocycles. The number of nitrogens with zero attached hydrogens (tertiary/aromatic N) is 4. The fraction of sp³-hybridized carbons (Fsp3) is 0.367. The molecule has 3 N–H and O–H groups in total. The number of benzene rings is 2. The van der Waals surface area contributed by atoms with E-state index in [1.54, 1.807) is 33.8 Å². The summed E-state index contributed by atoms with van der Waals surface area (Å²) in [5.74, 6) is -3.26. The first-order valence-electron chi connectivity index (χ1n) is 14.3. The van der Waals surface area contributed by atoms with Gasteiger partial charge in [0, 0.05) is 41.7 Å². The van der Waals surface area contributed by atoms with Crippen LogP contribution in [-0.2, 0) is 22.9 Å². The number of alkyl halides is 3. The number of anilines is 1. The number of sulfonamides is 1. The smallest absolute Gasteiger partial charge is 0.393 e. The molecule has 0 spiro atoms. The van der Waals surface area contributed by atoms with Crippen LogP contribution >= 0.6 is 11.3 Å². The number of aromatic nitrogens is 3. The highest BCUT2D eigenvalue weighted by atomic mass is 32.2. The van der Waals surface area contributed by atoms with Gasteiger partial charge in [-0.15, -0.1) is 11.3 Å². The first-order chi connectivity index (χ1) is 21.3. The molecule has 0 bridgehead atoms. The molecule has 2 aromatic heterocycles. The van der Waals surface area contributed by atoms with E-state index >= 15 is 0 Å². The quantitative estimate of drug-likeness (QED) is 0.216. The van der Waals surface area contributed by atoms with Crippen molar-refractivity contribution < 1.29 is 35.9 Å². The zero-order chi connectivity index (χ0) is 32.1. The fourth-order valence-electron chi connectivity index (χ4n) is 5.74. The van der Waals surface area contributed by atoms with Crippen molar-refractivity contribution >= 4 is 33.0 Å². The number of aromatic carboxylic acids is 1. The van der Waals surface area contributed by atoms with Crippen LogP contribution in [-0.4, -0.2) is 53.5 Å². The Morgan fingerprint density at radius 3 is 2.56 bits per heavy atom. The highest BCUT2D eigenvalue weighted by Crippen LogP contribution is 2.40. The maximum absolute atomic E-state index is 14.9. The molecule has 15 heteroatoms. The zero-order valence-corrected chi connectivity index (χ0v) is 25.4. The molecule has 9 nitrogen and oxygen atoms in total. The molecule has 3 heterocycles. The second-order valence-corrected chi connectivity index (χ2v) is 13.9. The maximum atomic E-state index is 14.9. The SMILES string of the molecule is NS(=O)(=O)c1ccc(Cc2c(-c3cccc(N4CCCC(C(F)(F)F)C4)c3)nn(-c3nc(C(=O)O)cs3)c2CC2CC2)cc1F. The van der Waals surface area contributed by atoms with Crippen LogP contribution in [0.1, 0.15) is 53.0 Å². The molecule has 1 aliphatic heterocycles. The third-order valence-corrected chi connectivity index (χ3v) is 9.97. The van der Waals surface area contributed by atoms with Crippen LogP contribution in [0.4, 0.5) is 23.2 Å². The maximum Gasteiger partial charge on any atom is 0.393 e. The van der Waals surface area contributed by atoms with E-state index in [-0.39, 0.29) is 25.1 Å². The monoisotopic (exact) mass is 663 g/mol. The van der Waals surface area contributed by atoms with Crippen LogP contribution in [0, 0.1) is 17.7 Å². The van der Waals surface area contributed by atoms with Crippen molar-refractivity contribution in [3.63, 3.8) is 0 Å². The van der Waals surface area contributed by atoms with Crippen molar-refractivity contribution in [3.05, 3.63) is 76.2 Å². The Morgan fingerprint density at radius 1 is 1.13 bits per heavy atom. The molecule has 238 valence electrons. The number of piperidine rings is 1. The Bertz CT molecular complexity index is 1870. The molecule has 6 rings (SSSR count). The normalized spacial score (nSPS) is 17.5. The number of primary sulfonamides is 1. The lowest BCUT2D eigenvalue weighted by atomic mass is 9.95. The lowest BCUT2D eigenvalue weighted by molar-refractivity contribution is -0.176. The van der Waals surface area contributed by atoms with Gasteiger partial charge in [0.05, 0.1) is 17.3 Å². The van der Waals surface area contributed by atoms with E-state index in [1.807, 2.05) is 0 Å². The summed E-state index contributed by atoms with van der Waals surface area (Å²) in [6, 6.07) is 10.8. The van der Waals surface area contributed by atoms with Crippen LogP contribution in [0.15, 0.2) is 52.7 Å². The lowest BCUT2D eigenvalue weighted by Gasteiger charge is -2.35. The number of halogens is 4. The molecule has 0 radical (unpaired) electrons. The first kappa shape index (κ1) is 31.2. The Hall–Kier alpha value is -3.82. The fourth-order valence-corrected chi connectivity index (χ4v) is 7.10. The molecule has 1 saturated heterocycles. The number of hydrogen-bond acceptors (Lipinski definition) is 7. The van der Waals surface area contributed by atoms with Gasteiger partial charge in [0.15, 0.2) is 5.69 Å². The molecule has 2 aliphatic rings. The number of carbonyl (C=O) groups is 1. The van der Waals surface area contributed by atoms with Crippen molar-refractivity contribution in [3.8, 4) is 16.4 Å². The van der Waals surface area contributed by atoms with Crippen molar-refractivity contribution in [2.45, 2.75) is 49.6 Å². The molecular weight excluding hydrogens is 634 g/mol. The van der Waals surface area contributed by atoms with Gasteiger partial charge in [0.1, 0.15) is 10.7 Å². The lowest BCUT2D eigenvalue weighted by Crippen LogP contribution is -2.41. The average Bonchev–Trinajstić information content (AvgIpc) is 3.54. The molecule has 45 heavy (non-hydrogen) atoms. The first-order valence-corrected chi connectivity index (χ1v) is 16.7. The molecular formula is C30H29F4N5O4S2. The zero-order valence-electron chi connectivity index (χ0n) is 23.8. The van der Waals surface area contributed by atoms with Gasteiger partial charge in [-0.1, -0.05) is 18.2 Å². The Balaban J connectivity index is 1.47. The Morgan fingerprint density at radius 2 is 1.91 bits per heavy atom. The van der Waals surface area contributed by atoms with E-state index in [0.717, 1.165) is 42.0 Å². The highest BCUT2D eigenvalue weighted by Gasteiger charge is 2.42. The standard InChI is InChI=1S/C30H29F4N5O4S2/c31-23-12-18(8-9-26(23)45(35,42)43)11-22-25(13-17-6-7-17)39(29-36-24(16-44-29)28(40)41)37-27(22)19-3-1-5-21(14-19)38-10-2-4-20(15-38)30(32,33)34/h1,3,5,8-9,12,14,16-17,20H,2,4,6-7,10-11,13,15H2,(H,40,41)(H2,35,42,43). The molecule has 2 fully saturated rings. The van der Waals surface area contributed by atoms with Gasteiger partial charge in [-0.05, 0) is 67.9 Å². The van der Waals surface area contributed by atoms with Gasteiger partial charge in [-0.3, -0.25) is 0 Å². The highest BCUT2D eigenvalue weighted by molar-refractivity contribution is 7.89. The van der Waals surface area contributed by atoms with Crippen LogP contribution in [0.25, 0.3) is 16.4 Å². The van der Waals surface area contributed by atoms with Gasteiger partial charge in [-0.25, -0.2) is 32.4 Å².